The number of benzene rings is 1. The van der Waals surface area contributed by atoms with E-state index in [9.17, 15) is 14.4 Å². The summed E-state index contributed by atoms with van der Waals surface area (Å²) in [5.41, 5.74) is 0.298. The highest BCUT2D eigenvalue weighted by atomic mass is 16.2. The maximum Gasteiger partial charge on any atom is 0.253 e. The molecule has 148 valence electrons. The van der Waals surface area contributed by atoms with Crippen LogP contribution >= 0.6 is 0 Å². The highest BCUT2D eigenvalue weighted by Crippen LogP contribution is 2.31. The van der Waals surface area contributed by atoms with Crippen LogP contribution in [0.1, 0.15) is 58.6 Å². The lowest BCUT2D eigenvalue weighted by molar-refractivity contribution is -0.119. The fourth-order valence-electron chi connectivity index (χ4n) is 2.92. The maximum absolute atomic E-state index is 12.8. The van der Waals surface area contributed by atoms with Gasteiger partial charge in [0.25, 0.3) is 10.9 Å². The molecule has 1 amide bonds. The second-order valence-corrected chi connectivity index (χ2v) is 8.10. The number of rotatable bonds is 7. The van der Waals surface area contributed by atoms with Crippen LogP contribution in [0.15, 0.2) is 33.9 Å². The number of nitrogens with zero attached hydrogens (tertiary/aromatic N) is 2. The van der Waals surface area contributed by atoms with Gasteiger partial charge in [0.1, 0.15) is 11.4 Å². The minimum atomic E-state index is -0.622. The Morgan fingerprint density at radius 1 is 1.18 bits per heavy atom. The third-order valence-corrected chi connectivity index (χ3v) is 5.05. The fourth-order valence-corrected chi connectivity index (χ4v) is 2.92. The third kappa shape index (κ3) is 4.30. The Morgan fingerprint density at radius 2 is 1.79 bits per heavy atom. The van der Waals surface area contributed by atoms with Crippen molar-refractivity contribution < 1.29 is 4.79 Å². The molecule has 28 heavy (non-hydrogen) atoms. The van der Waals surface area contributed by atoms with Gasteiger partial charge in [-0.1, -0.05) is 39.8 Å². The van der Waals surface area contributed by atoms with Crippen LogP contribution in [0.2, 0.25) is 0 Å². The van der Waals surface area contributed by atoms with E-state index in [1.165, 1.54) is 4.90 Å². The molecule has 6 nitrogen and oxygen atoms in total. The Hall–Kier alpha value is -2.94. The number of anilines is 2. The zero-order chi connectivity index (χ0) is 21.1. The van der Waals surface area contributed by atoms with E-state index in [1.807, 2.05) is 34.6 Å². The Labute approximate surface area is 165 Å². The Bertz CT molecular complexity index is 955. The molecule has 0 aliphatic heterocycles. The number of nitriles is 1. The van der Waals surface area contributed by atoms with E-state index >= 15 is 0 Å². The fraction of sp³-hybridized carbons (Fsp3) is 0.455. The van der Waals surface area contributed by atoms with E-state index in [4.69, 9.17) is 5.26 Å². The Kier molecular flexibility index (Phi) is 6.40. The first kappa shape index (κ1) is 21.4. The molecule has 0 radical (unpaired) electrons. The van der Waals surface area contributed by atoms with Crippen LogP contribution in [0.3, 0.4) is 0 Å². The molecule has 0 aliphatic rings. The molecular weight excluding hydrogens is 354 g/mol. The summed E-state index contributed by atoms with van der Waals surface area (Å²) in [6, 6.07) is 8.77. The van der Waals surface area contributed by atoms with E-state index in [-0.39, 0.29) is 28.7 Å². The zero-order valence-electron chi connectivity index (χ0n) is 17.1. The van der Waals surface area contributed by atoms with E-state index < -0.39 is 10.9 Å². The van der Waals surface area contributed by atoms with Gasteiger partial charge in [-0.05, 0) is 36.5 Å². The summed E-state index contributed by atoms with van der Waals surface area (Å²) in [7, 11) is 0. The lowest BCUT2D eigenvalue weighted by atomic mass is 9.86. The van der Waals surface area contributed by atoms with Crippen molar-refractivity contribution in [1.82, 2.24) is 0 Å². The quantitative estimate of drug-likeness (QED) is 0.743. The van der Waals surface area contributed by atoms with Crippen molar-refractivity contribution in [2.24, 2.45) is 5.41 Å². The average molecular weight is 381 g/mol. The van der Waals surface area contributed by atoms with Gasteiger partial charge in [-0.25, -0.2) is 0 Å². The summed E-state index contributed by atoms with van der Waals surface area (Å²) in [4.78, 5) is 38.8. The van der Waals surface area contributed by atoms with Gasteiger partial charge >= 0.3 is 0 Å². The van der Waals surface area contributed by atoms with E-state index in [2.05, 4.69) is 11.4 Å². The molecule has 0 aliphatic carbocycles. The molecule has 1 unspecified atom stereocenters. The van der Waals surface area contributed by atoms with Crippen molar-refractivity contribution >= 4 is 17.3 Å². The standard InChI is InChI=1S/C22H27N3O3/c1-6-7-17(26)25(14(2)22(3,4)5)19-18(20(27)21(19)28)24-13-16-10-8-15(12-23)9-11-16/h8-11,14,24H,6-7,13H2,1-5H3. The number of hydrogen-bond acceptors (Lipinski definition) is 5. The van der Waals surface area contributed by atoms with Crippen LogP contribution in [0, 0.1) is 16.7 Å². The van der Waals surface area contributed by atoms with Crippen molar-refractivity contribution in [2.75, 3.05) is 10.2 Å². The maximum atomic E-state index is 12.8. The molecule has 2 aromatic rings. The molecule has 0 spiro atoms. The first-order chi connectivity index (χ1) is 13.1. The Morgan fingerprint density at radius 3 is 2.29 bits per heavy atom. The first-order valence-corrected chi connectivity index (χ1v) is 9.50. The van der Waals surface area contributed by atoms with Gasteiger partial charge in [-0.15, -0.1) is 0 Å². The molecule has 1 N–H and O–H groups in total. The van der Waals surface area contributed by atoms with Crippen LogP contribution in [0.25, 0.3) is 0 Å². The molecule has 0 saturated heterocycles. The molecule has 0 bridgehead atoms. The topological polar surface area (TPSA) is 90.3 Å². The van der Waals surface area contributed by atoms with Crippen molar-refractivity contribution in [1.29, 1.82) is 5.26 Å². The van der Waals surface area contributed by atoms with Gasteiger partial charge in [0.05, 0.1) is 11.6 Å². The number of nitrogens with one attached hydrogen (secondary N) is 1. The predicted octanol–water partition coefficient (Wildman–Crippen LogP) is 3.33. The molecule has 2 aromatic carbocycles. The average Bonchev–Trinajstić information content (AvgIpc) is 2.66. The van der Waals surface area contributed by atoms with Gasteiger partial charge in [-0.3, -0.25) is 14.4 Å². The number of hydrogen-bond donors (Lipinski definition) is 1. The van der Waals surface area contributed by atoms with Crippen molar-refractivity contribution in [3.8, 4) is 6.07 Å². The monoisotopic (exact) mass is 381 g/mol. The smallest absolute Gasteiger partial charge is 0.253 e. The second kappa shape index (κ2) is 8.39. The first-order valence-electron chi connectivity index (χ1n) is 9.50. The Balaban J connectivity index is 2.34. The molecule has 2 rings (SSSR count). The van der Waals surface area contributed by atoms with Crippen LogP contribution in [0.4, 0.5) is 11.4 Å². The summed E-state index contributed by atoms with van der Waals surface area (Å²) < 4.78 is 0. The van der Waals surface area contributed by atoms with Crippen molar-refractivity contribution in [2.45, 2.75) is 60.0 Å². The second-order valence-electron chi connectivity index (χ2n) is 8.10. The molecular formula is C22H27N3O3. The van der Waals surface area contributed by atoms with E-state index in [0.717, 1.165) is 5.56 Å². The summed E-state index contributed by atoms with van der Waals surface area (Å²) in [6.07, 6.45) is 0.976. The predicted molar refractivity (Wildman–Crippen MR) is 111 cm³/mol. The third-order valence-electron chi connectivity index (χ3n) is 5.05. The number of carbonyl (C=O) groups excluding carboxylic acids is 1. The van der Waals surface area contributed by atoms with Gasteiger partial charge < -0.3 is 10.2 Å². The summed E-state index contributed by atoms with van der Waals surface area (Å²) in [5.74, 6) is -0.154. The van der Waals surface area contributed by atoms with Crippen LogP contribution in [-0.2, 0) is 11.3 Å². The molecule has 0 heterocycles. The molecule has 0 saturated carbocycles. The number of amides is 1. The molecule has 1 atom stereocenters. The highest BCUT2D eigenvalue weighted by molar-refractivity contribution is 5.98. The molecule has 0 aromatic heterocycles. The van der Waals surface area contributed by atoms with Gasteiger partial charge in [0.2, 0.25) is 5.91 Å². The minimum absolute atomic E-state index is 0.154. The lowest BCUT2D eigenvalue weighted by Gasteiger charge is -2.39. The van der Waals surface area contributed by atoms with Gasteiger partial charge in [0, 0.05) is 19.0 Å². The van der Waals surface area contributed by atoms with E-state index in [0.29, 0.717) is 24.9 Å². The van der Waals surface area contributed by atoms with E-state index in [1.54, 1.807) is 24.3 Å². The summed E-state index contributed by atoms with van der Waals surface area (Å²) in [5, 5.41) is 11.9. The largest absolute Gasteiger partial charge is 0.376 e. The van der Waals surface area contributed by atoms with Crippen molar-refractivity contribution in [3.63, 3.8) is 0 Å². The van der Waals surface area contributed by atoms with Crippen LogP contribution in [-0.4, -0.2) is 11.9 Å². The van der Waals surface area contributed by atoms with Crippen LogP contribution in [0.5, 0.6) is 0 Å². The highest BCUT2D eigenvalue weighted by Gasteiger charge is 2.36. The molecule has 6 heteroatoms. The SMILES string of the molecule is CCCC(=O)N(c1c(NCc2ccc(C#N)cc2)c(=O)c1=O)C(C)C(C)(C)C. The minimum Gasteiger partial charge on any atom is -0.376 e. The number of carbonyl (C=O) groups is 1. The van der Waals surface area contributed by atoms with Gasteiger partial charge in [-0.2, -0.15) is 5.26 Å². The summed E-state index contributed by atoms with van der Waals surface area (Å²) in [6.45, 7) is 10.1. The van der Waals surface area contributed by atoms with Crippen molar-refractivity contribution in [3.05, 3.63) is 55.8 Å². The van der Waals surface area contributed by atoms with Gasteiger partial charge in [0.15, 0.2) is 0 Å². The zero-order valence-corrected chi connectivity index (χ0v) is 17.1. The summed E-state index contributed by atoms with van der Waals surface area (Å²) >= 11 is 0. The normalized spacial score (nSPS) is 12.4. The molecule has 0 fully saturated rings. The van der Waals surface area contributed by atoms with Crippen LogP contribution < -0.4 is 21.1 Å². The lowest BCUT2D eigenvalue weighted by Crippen LogP contribution is -2.52.